The van der Waals surface area contributed by atoms with Gasteiger partial charge in [-0.1, -0.05) is 18.2 Å². The molecule has 0 fully saturated rings. The van der Waals surface area contributed by atoms with Crippen LogP contribution in [0.5, 0.6) is 0 Å². The summed E-state index contributed by atoms with van der Waals surface area (Å²) in [6, 6.07) is 15.9. The average Bonchev–Trinajstić information content (AvgIpc) is 2.70. The molecule has 0 saturated carbocycles. The number of aromatic nitrogens is 3. The molecule has 3 N–H and O–H groups in total. The average molecular weight is 396 g/mol. The number of hydroxylamine groups is 1. The van der Waals surface area contributed by atoms with Gasteiger partial charge >= 0.3 is 11.9 Å². The summed E-state index contributed by atoms with van der Waals surface area (Å²) < 4.78 is 0. The van der Waals surface area contributed by atoms with Gasteiger partial charge in [-0.05, 0) is 48.2 Å². The largest absolute Gasteiger partial charge is 0.323 e. The Balaban J connectivity index is 1.59. The van der Waals surface area contributed by atoms with Crippen molar-refractivity contribution >= 4 is 35.1 Å². The fourth-order valence-corrected chi connectivity index (χ4v) is 2.82. The van der Waals surface area contributed by atoms with Gasteiger partial charge in [-0.15, -0.1) is 0 Å². The molecule has 142 valence electrons. The minimum absolute atomic E-state index is 0.0461. The van der Waals surface area contributed by atoms with E-state index in [-0.39, 0.29) is 11.9 Å². The number of amides is 3. The zero-order valence-corrected chi connectivity index (χ0v) is 15.6. The Morgan fingerprint density at radius 3 is 2.29 bits per heavy atom. The van der Waals surface area contributed by atoms with Gasteiger partial charge in [-0.25, -0.2) is 20.2 Å². The summed E-state index contributed by atoms with van der Waals surface area (Å²) in [6.07, 6.45) is 1.25. The molecule has 0 atom stereocenters. The maximum atomic E-state index is 12.0. The maximum absolute atomic E-state index is 12.0. The van der Waals surface area contributed by atoms with Crippen molar-refractivity contribution in [3.05, 3.63) is 66.7 Å². The molecule has 0 unspecified atom stereocenters. The van der Waals surface area contributed by atoms with E-state index in [1.54, 1.807) is 24.3 Å². The molecule has 0 saturated heterocycles. The van der Waals surface area contributed by atoms with E-state index in [2.05, 4.69) is 35.9 Å². The van der Waals surface area contributed by atoms with Gasteiger partial charge in [0.15, 0.2) is 5.16 Å². The van der Waals surface area contributed by atoms with Gasteiger partial charge in [0.25, 0.3) is 0 Å². The fourth-order valence-electron chi connectivity index (χ4n) is 2.10. The first-order chi connectivity index (χ1) is 13.6. The lowest BCUT2D eigenvalue weighted by molar-refractivity contribution is 0.0525. The van der Waals surface area contributed by atoms with E-state index in [4.69, 9.17) is 0 Å². The normalized spacial score (nSPS) is 10.2. The van der Waals surface area contributed by atoms with Crippen molar-refractivity contribution in [1.29, 1.82) is 0 Å². The third kappa shape index (κ3) is 5.50. The van der Waals surface area contributed by atoms with E-state index in [0.717, 1.165) is 4.90 Å². The molecule has 3 rings (SSSR count). The number of para-hydroxylation sites is 1. The summed E-state index contributed by atoms with van der Waals surface area (Å²) in [7, 11) is 1.32. The quantitative estimate of drug-likeness (QED) is 0.548. The second-order valence-corrected chi connectivity index (χ2v) is 6.34. The van der Waals surface area contributed by atoms with E-state index in [1.807, 2.05) is 30.3 Å². The second-order valence-electron chi connectivity index (χ2n) is 5.30. The lowest BCUT2D eigenvalue weighted by Gasteiger charge is -2.08. The Morgan fingerprint density at radius 2 is 1.61 bits per heavy atom. The van der Waals surface area contributed by atoms with Gasteiger partial charge in [0.2, 0.25) is 5.82 Å². The number of carbonyl (C=O) groups excluding carboxylic acids is 2. The maximum Gasteiger partial charge on any atom is 0.323 e. The molecule has 0 spiro atoms. The highest BCUT2D eigenvalue weighted by Gasteiger charge is 2.11. The molecule has 0 aliphatic rings. The standard InChI is InChI=1S/C18H16N6O3S/c1-27-24-16(25)15-19-11-20-18(23-15)28-14-9-7-13(8-10-14)22-17(26)21-12-5-3-2-4-6-12/h2-11H,1H3,(H,24,25)(H2,21,22,26). The molecule has 0 bridgehead atoms. The van der Waals surface area contributed by atoms with Crippen LogP contribution in [0.15, 0.2) is 71.0 Å². The van der Waals surface area contributed by atoms with Gasteiger partial charge in [0.1, 0.15) is 6.33 Å². The lowest BCUT2D eigenvalue weighted by Crippen LogP contribution is -2.24. The summed E-state index contributed by atoms with van der Waals surface area (Å²) in [6.45, 7) is 0. The van der Waals surface area contributed by atoms with Crippen LogP contribution in [0.3, 0.4) is 0 Å². The third-order valence-corrected chi connectivity index (χ3v) is 4.19. The molecule has 3 amide bonds. The molecule has 3 aromatic rings. The van der Waals surface area contributed by atoms with Crippen LogP contribution in [0.25, 0.3) is 0 Å². The number of carbonyl (C=O) groups is 2. The molecule has 10 heteroatoms. The summed E-state index contributed by atoms with van der Waals surface area (Å²) in [5.41, 5.74) is 3.49. The molecule has 0 aliphatic heterocycles. The zero-order valence-electron chi connectivity index (χ0n) is 14.7. The van der Waals surface area contributed by atoms with Gasteiger partial charge in [0.05, 0.1) is 7.11 Å². The van der Waals surface area contributed by atoms with Crippen molar-refractivity contribution in [3.63, 3.8) is 0 Å². The molecular weight excluding hydrogens is 380 g/mol. The Labute approximate surface area is 164 Å². The SMILES string of the molecule is CONC(=O)c1ncnc(Sc2ccc(NC(=O)Nc3ccccc3)cc2)n1. The van der Waals surface area contributed by atoms with E-state index in [0.29, 0.717) is 16.5 Å². The fraction of sp³-hybridized carbons (Fsp3) is 0.0556. The Kier molecular flexibility index (Phi) is 6.50. The minimum Gasteiger partial charge on any atom is -0.308 e. The summed E-state index contributed by atoms with van der Waals surface area (Å²) >= 11 is 1.26. The first-order valence-electron chi connectivity index (χ1n) is 8.07. The van der Waals surface area contributed by atoms with Crippen molar-refractivity contribution in [2.24, 2.45) is 0 Å². The monoisotopic (exact) mass is 396 g/mol. The van der Waals surface area contributed by atoms with E-state index >= 15 is 0 Å². The van der Waals surface area contributed by atoms with Crippen molar-refractivity contribution in [2.45, 2.75) is 10.1 Å². The molecule has 1 aromatic heterocycles. The topological polar surface area (TPSA) is 118 Å². The van der Waals surface area contributed by atoms with Crippen LogP contribution in [0.1, 0.15) is 10.6 Å². The Hall–Kier alpha value is -3.50. The highest BCUT2D eigenvalue weighted by Crippen LogP contribution is 2.25. The van der Waals surface area contributed by atoms with Crippen LogP contribution in [0.2, 0.25) is 0 Å². The van der Waals surface area contributed by atoms with Crippen LogP contribution in [0.4, 0.5) is 16.2 Å². The molecular formula is C18H16N6O3S. The highest BCUT2D eigenvalue weighted by atomic mass is 32.2. The van der Waals surface area contributed by atoms with Crippen molar-refractivity contribution in [3.8, 4) is 0 Å². The van der Waals surface area contributed by atoms with Crippen molar-refractivity contribution < 1.29 is 14.4 Å². The predicted octanol–water partition coefficient (Wildman–Crippen LogP) is 2.96. The number of nitrogens with zero attached hydrogens (tertiary/aromatic N) is 3. The van der Waals surface area contributed by atoms with Crippen molar-refractivity contribution in [2.75, 3.05) is 17.7 Å². The van der Waals surface area contributed by atoms with Crippen LogP contribution >= 0.6 is 11.8 Å². The predicted molar refractivity (Wildman–Crippen MR) is 104 cm³/mol. The van der Waals surface area contributed by atoms with Gasteiger partial charge in [0, 0.05) is 16.3 Å². The van der Waals surface area contributed by atoms with E-state index < -0.39 is 5.91 Å². The second kappa shape index (κ2) is 9.44. The number of rotatable bonds is 6. The number of nitrogens with one attached hydrogen (secondary N) is 3. The van der Waals surface area contributed by atoms with Crippen LogP contribution in [-0.4, -0.2) is 34.0 Å². The number of hydrogen-bond acceptors (Lipinski definition) is 7. The van der Waals surface area contributed by atoms with Crippen LogP contribution in [-0.2, 0) is 4.84 Å². The van der Waals surface area contributed by atoms with Gasteiger partial charge in [-0.3, -0.25) is 9.63 Å². The van der Waals surface area contributed by atoms with Gasteiger partial charge in [-0.2, -0.15) is 4.98 Å². The zero-order chi connectivity index (χ0) is 19.8. The summed E-state index contributed by atoms with van der Waals surface area (Å²) in [4.78, 5) is 41.0. The summed E-state index contributed by atoms with van der Waals surface area (Å²) in [5.74, 6) is -0.606. The first-order valence-corrected chi connectivity index (χ1v) is 8.89. The molecule has 9 nitrogen and oxygen atoms in total. The molecule has 0 radical (unpaired) electrons. The molecule has 1 heterocycles. The van der Waals surface area contributed by atoms with Crippen molar-refractivity contribution in [1.82, 2.24) is 20.4 Å². The Bertz CT molecular complexity index is 953. The number of hydrogen-bond donors (Lipinski definition) is 3. The molecule has 28 heavy (non-hydrogen) atoms. The Morgan fingerprint density at radius 1 is 0.929 bits per heavy atom. The number of urea groups is 1. The highest BCUT2D eigenvalue weighted by molar-refractivity contribution is 7.99. The van der Waals surface area contributed by atoms with Crippen LogP contribution < -0.4 is 16.1 Å². The van der Waals surface area contributed by atoms with Crippen LogP contribution in [0, 0.1) is 0 Å². The van der Waals surface area contributed by atoms with E-state index in [9.17, 15) is 9.59 Å². The summed E-state index contributed by atoms with van der Waals surface area (Å²) in [5, 5.41) is 5.85. The molecule has 0 aliphatic carbocycles. The minimum atomic E-state index is -0.560. The number of anilines is 2. The molecule has 2 aromatic carbocycles. The first kappa shape index (κ1) is 19.3. The lowest BCUT2D eigenvalue weighted by atomic mass is 10.3. The number of benzene rings is 2. The van der Waals surface area contributed by atoms with Gasteiger partial charge < -0.3 is 10.6 Å². The third-order valence-electron chi connectivity index (χ3n) is 3.30. The smallest absolute Gasteiger partial charge is 0.308 e. The van der Waals surface area contributed by atoms with E-state index in [1.165, 1.54) is 25.2 Å².